The van der Waals surface area contributed by atoms with E-state index < -0.39 is 11.6 Å². The molecule has 7 rings (SSSR count). The predicted molar refractivity (Wildman–Crippen MR) is 132 cm³/mol. The SMILES string of the molecule is CC[C@@]1(O)C(=O)OCc2c1cc1n(c2=O)Cc2c-1nc1cc(F)c(C)c3c1c2[C@@H](N1CCC(O)C1)CC3. The molecule has 4 aliphatic rings. The Labute approximate surface area is 212 Å². The van der Waals surface area contributed by atoms with E-state index >= 15 is 4.39 Å². The van der Waals surface area contributed by atoms with Crippen LogP contribution in [0.1, 0.15) is 65.6 Å². The van der Waals surface area contributed by atoms with Crippen molar-refractivity contribution in [3.05, 3.63) is 61.7 Å². The van der Waals surface area contributed by atoms with Crippen molar-refractivity contribution < 1.29 is 24.1 Å². The number of carbonyl (C=O) groups excluding carboxylic acids is 1. The topological polar surface area (TPSA) is 105 Å². The number of rotatable bonds is 2. The van der Waals surface area contributed by atoms with E-state index in [9.17, 15) is 19.8 Å². The molecule has 3 aromatic rings. The first-order valence-electron chi connectivity index (χ1n) is 13.0. The van der Waals surface area contributed by atoms with Crippen LogP contribution >= 0.6 is 0 Å². The molecule has 37 heavy (non-hydrogen) atoms. The number of nitrogens with zero attached hydrogens (tertiary/aromatic N) is 3. The first kappa shape index (κ1) is 23.0. The molecule has 1 saturated heterocycles. The number of carbonyl (C=O) groups is 1. The lowest BCUT2D eigenvalue weighted by Gasteiger charge is -2.35. The maximum atomic E-state index is 15.0. The molecule has 2 aromatic heterocycles. The van der Waals surface area contributed by atoms with Gasteiger partial charge in [0.05, 0.1) is 35.1 Å². The number of esters is 1. The summed E-state index contributed by atoms with van der Waals surface area (Å²) >= 11 is 0. The van der Waals surface area contributed by atoms with Gasteiger partial charge in [0.1, 0.15) is 12.4 Å². The number of aryl methyl sites for hydroxylation is 1. The first-order valence-corrected chi connectivity index (χ1v) is 13.0. The summed E-state index contributed by atoms with van der Waals surface area (Å²) in [5, 5.41) is 22.4. The molecule has 0 amide bonds. The molecule has 3 aliphatic heterocycles. The molecule has 8 nitrogen and oxygen atoms in total. The molecule has 0 bridgehead atoms. The Morgan fingerprint density at radius 3 is 2.76 bits per heavy atom. The molecule has 9 heteroatoms. The summed E-state index contributed by atoms with van der Waals surface area (Å²) in [5.41, 5.74) is 3.53. The van der Waals surface area contributed by atoms with Crippen molar-refractivity contribution in [2.45, 2.75) is 70.4 Å². The van der Waals surface area contributed by atoms with Gasteiger partial charge in [0, 0.05) is 41.7 Å². The standard InChI is InChI=1S/C28H28FN3O5/c1-3-28(36)18-8-22-25-16(11-32(22)26(34)17(18)12-37-27(28)35)24-21(31-7-6-14(33)10-31)5-4-15-13(2)19(29)9-20(30-25)23(15)24/h8-9,14,21,33,36H,3-7,10-12H2,1-2H3/t14?,21-,28-/m0/s1. The third kappa shape index (κ3) is 2.96. The Bertz CT molecular complexity index is 1600. The molecule has 1 unspecified atom stereocenters. The Kier molecular flexibility index (Phi) is 4.78. The van der Waals surface area contributed by atoms with E-state index in [1.807, 2.05) is 0 Å². The molecule has 0 saturated carbocycles. The zero-order valence-corrected chi connectivity index (χ0v) is 20.8. The van der Waals surface area contributed by atoms with E-state index in [0.717, 1.165) is 41.5 Å². The van der Waals surface area contributed by atoms with Crippen molar-refractivity contribution >= 4 is 16.9 Å². The van der Waals surface area contributed by atoms with Crippen molar-refractivity contribution in [3.8, 4) is 11.4 Å². The van der Waals surface area contributed by atoms with Gasteiger partial charge < -0.3 is 19.5 Å². The van der Waals surface area contributed by atoms with Crippen molar-refractivity contribution in [3.63, 3.8) is 0 Å². The average Bonchev–Trinajstić information content (AvgIpc) is 3.48. The van der Waals surface area contributed by atoms with Gasteiger partial charge >= 0.3 is 5.97 Å². The second-order valence-electron chi connectivity index (χ2n) is 10.8. The molecular formula is C28H28FN3O5. The zero-order chi connectivity index (χ0) is 25.8. The number of fused-ring (bicyclic) bond motifs is 5. The number of aliphatic hydroxyl groups is 2. The van der Waals surface area contributed by atoms with Crippen molar-refractivity contribution in [1.29, 1.82) is 0 Å². The Morgan fingerprint density at radius 1 is 1.22 bits per heavy atom. The van der Waals surface area contributed by atoms with Gasteiger partial charge in [0.2, 0.25) is 0 Å². The number of pyridine rings is 2. The predicted octanol–water partition coefficient (Wildman–Crippen LogP) is 2.58. The lowest BCUT2D eigenvalue weighted by molar-refractivity contribution is -0.172. The first-order chi connectivity index (χ1) is 17.7. The normalized spacial score (nSPS) is 26.2. The monoisotopic (exact) mass is 505 g/mol. The van der Waals surface area contributed by atoms with Crippen molar-refractivity contribution in [2.24, 2.45) is 0 Å². The summed E-state index contributed by atoms with van der Waals surface area (Å²) in [5.74, 6) is -1.07. The Morgan fingerprint density at radius 2 is 2.03 bits per heavy atom. The van der Waals surface area contributed by atoms with Crippen LogP contribution in [0.2, 0.25) is 0 Å². The van der Waals surface area contributed by atoms with Crippen LogP contribution in [-0.2, 0) is 34.7 Å². The van der Waals surface area contributed by atoms with Gasteiger partial charge in [-0.15, -0.1) is 0 Å². The van der Waals surface area contributed by atoms with Crippen LogP contribution in [0, 0.1) is 12.7 Å². The third-order valence-electron chi connectivity index (χ3n) is 8.98. The highest BCUT2D eigenvalue weighted by molar-refractivity contribution is 5.93. The number of ether oxygens (including phenoxy) is 1. The van der Waals surface area contributed by atoms with Crippen LogP contribution in [0.25, 0.3) is 22.3 Å². The fraction of sp³-hybridized carbons (Fsp3) is 0.464. The van der Waals surface area contributed by atoms with Crippen LogP contribution in [0.3, 0.4) is 0 Å². The molecule has 0 radical (unpaired) electrons. The van der Waals surface area contributed by atoms with E-state index in [2.05, 4.69) is 4.90 Å². The average molecular weight is 506 g/mol. The number of likely N-dealkylation sites (tertiary alicyclic amines) is 1. The van der Waals surface area contributed by atoms with Gasteiger partial charge in [-0.25, -0.2) is 14.2 Å². The van der Waals surface area contributed by atoms with Gasteiger partial charge in [0.15, 0.2) is 5.60 Å². The number of hydrogen-bond donors (Lipinski definition) is 2. The summed E-state index contributed by atoms with van der Waals surface area (Å²) in [6, 6.07) is 3.19. The van der Waals surface area contributed by atoms with Gasteiger partial charge in [0.25, 0.3) is 5.56 Å². The number of halogens is 1. The van der Waals surface area contributed by atoms with Crippen LogP contribution in [0.5, 0.6) is 0 Å². The summed E-state index contributed by atoms with van der Waals surface area (Å²) in [6.07, 6.45) is 1.90. The van der Waals surface area contributed by atoms with Crippen molar-refractivity contribution in [2.75, 3.05) is 13.1 Å². The fourth-order valence-electron chi connectivity index (χ4n) is 6.95. The van der Waals surface area contributed by atoms with E-state index in [4.69, 9.17) is 9.72 Å². The minimum Gasteiger partial charge on any atom is -0.458 e. The minimum absolute atomic E-state index is 0.0193. The molecule has 1 fully saturated rings. The summed E-state index contributed by atoms with van der Waals surface area (Å²) < 4.78 is 21.8. The Balaban J connectivity index is 1.52. The Hall–Kier alpha value is -3.14. The molecular weight excluding hydrogens is 477 g/mol. The highest BCUT2D eigenvalue weighted by Crippen LogP contribution is 2.48. The highest BCUT2D eigenvalue weighted by Gasteiger charge is 2.46. The van der Waals surface area contributed by atoms with Crippen molar-refractivity contribution in [1.82, 2.24) is 14.5 Å². The molecule has 1 aromatic carbocycles. The zero-order valence-electron chi connectivity index (χ0n) is 20.8. The molecule has 2 N–H and O–H groups in total. The number of aromatic nitrogens is 2. The van der Waals surface area contributed by atoms with Crippen LogP contribution in [0.15, 0.2) is 16.9 Å². The maximum Gasteiger partial charge on any atom is 0.343 e. The minimum atomic E-state index is -1.90. The maximum absolute atomic E-state index is 15.0. The number of hydrogen-bond acceptors (Lipinski definition) is 7. The summed E-state index contributed by atoms with van der Waals surface area (Å²) in [7, 11) is 0. The van der Waals surface area contributed by atoms with Gasteiger partial charge in [-0.1, -0.05) is 6.92 Å². The molecule has 5 heterocycles. The second kappa shape index (κ2) is 7.69. The largest absolute Gasteiger partial charge is 0.458 e. The quantitative estimate of drug-likeness (QED) is 0.404. The number of β-amino-alcohol motifs (C(OH)–C–C–N with tert-alkyl or cyclic N) is 1. The fourth-order valence-corrected chi connectivity index (χ4v) is 6.95. The lowest BCUT2D eigenvalue weighted by atomic mass is 9.81. The molecule has 192 valence electrons. The highest BCUT2D eigenvalue weighted by atomic mass is 19.1. The van der Waals surface area contributed by atoms with E-state index in [0.29, 0.717) is 42.0 Å². The summed E-state index contributed by atoms with van der Waals surface area (Å²) in [6.45, 7) is 4.93. The number of benzene rings is 1. The number of aliphatic hydroxyl groups excluding tert-OH is 1. The van der Waals surface area contributed by atoms with E-state index in [-0.39, 0.29) is 47.7 Å². The van der Waals surface area contributed by atoms with Gasteiger partial charge in [-0.3, -0.25) is 9.69 Å². The third-order valence-corrected chi connectivity index (χ3v) is 8.98. The van der Waals surface area contributed by atoms with Gasteiger partial charge in [-0.2, -0.15) is 0 Å². The van der Waals surface area contributed by atoms with Gasteiger partial charge in [-0.05, 0) is 55.4 Å². The number of cyclic esters (lactones) is 1. The van der Waals surface area contributed by atoms with Crippen LogP contribution < -0.4 is 5.56 Å². The van der Waals surface area contributed by atoms with Crippen LogP contribution in [-0.4, -0.2) is 49.8 Å². The van der Waals surface area contributed by atoms with Crippen LogP contribution in [0.4, 0.5) is 4.39 Å². The lowest BCUT2D eigenvalue weighted by Crippen LogP contribution is -2.44. The molecule has 3 atom stereocenters. The summed E-state index contributed by atoms with van der Waals surface area (Å²) in [4.78, 5) is 33.4. The molecule has 1 aliphatic carbocycles. The van der Waals surface area contributed by atoms with E-state index in [1.54, 1.807) is 24.5 Å². The van der Waals surface area contributed by atoms with E-state index in [1.165, 1.54) is 6.07 Å². The molecule has 0 spiro atoms. The smallest absolute Gasteiger partial charge is 0.343 e. The second-order valence-corrected chi connectivity index (χ2v) is 10.8.